The molecule has 2 N–H and O–H groups in total. The van der Waals surface area contributed by atoms with E-state index in [0.717, 1.165) is 19.2 Å². The SMILES string of the molecule is COc1c(C(F)(F)F)ccn([C@@H]2C(=O)N[C@@H](CC(=O)O)c3cc(cc(C)c3F)-c3c(C)cccc3Oc3ccc(F)c2c3)c1=O. The third-order valence-electron chi connectivity index (χ3n) is 7.48. The minimum absolute atomic E-state index is 0.00312. The van der Waals surface area contributed by atoms with Crippen LogP contribution in [0.3, 0.4) is 0 Å². The number of amides is 1. The number of fused-ring (bicyclic) bond motifs is 6. The van der Waals surface area contributed by atoms with Crippen molar-refractivity contribution in [2.45, 2.75) is 38.5 Å². The normalized spacial score (nSPS) is 16.3. The van der Waals surface area contributed by atoms with Crippen molar-refractivity contribution >= 4 is 11.9 Å². The van der Waals surface area contributed by atoms with Gasteiger partial charge in [0.15, 0.2) is 5.75 Å². The van der Waals surface area contributed by atoms with E-state index in [0.29, 0.717) is 33.5 Å². The Morgan fingerprint density at radius 1 is 1.02 bits per heavy atom. The first-order valence-electron chi connectivity index (χ1n) is 13.5. The van der Waals surface area contributed by atoms with Crippen LogP contribution in [0.1, 0.15) is 46.3 Å². The molecule has 8 nitrogen and oxygen atoms in total. The van der Waals surface area contributed by atoms with Crippen LogP contribution in [-0.4, -0.2) is 28.7 Å². The van der Waals surface area contributed by atoms with Crippen molar-refractivity contribution in [2.75, 3.05) is 7.11 Å². The molecule has 1 aromatic heterocycles. The van der Waals surface area contributed by atoms with Gasteiger partial charge in [-0.1, -0.05) is 12.1 Å². The topological polar surface area (TPSA) is 107 Å². The van der Waals surface area contributed by atoms with Gasteiger partial charge in [-0.2, -0.15) is 13.2 Å². The zero-order valence-corrected chi connectivity index (χ0v) is 24.0. The molecule has 0 saturated carbocycles. The van der Waals surface area contributed by atoms with Crippen LogP contribution in [-0.2, 0) is 15.8 Å². The first-order chi connectivity index (χ1) is 21.2. The molecule has 2 heterocycles. The minimum Gasteiger partial charge on any atom is -0.491 e. The molecule has 2 atom stereocenters. The molecule has 0 unspecified atom stereocenters. The van der Waals surface area contributed by atoms with E-state index in [4.69, 9.17) is 9.47 Å². The zero-order chi connectivity index (χ0) is 32.8. The molecule has 4 aromatic rings. The predicted molar refractivity (Wildman–Crippen MR) is 151 cm³/mol. The van der Waals surface area contributed by atoms with Gasteiger partial charge in [0.05, 0.1) is 19.6 Å². The molecule has 1 aliphatic heterocycles. The number of nitrogens with zero attached hydrogens (tertiary/aromatic N) is 1. The summed E-state index contributed by atoms with van der Waals surface area (Å²) >= 11 is 0. The lowest BCUT2D eigenvalue weighted by atomic mass is 9.92. The van der Waals surface area contributed by atoms with E-state index in [1.54, 1.807) is 25.1 Å². The minimum atomic E-state index is -5.01. The van der Waals surface area contributed by atoms with Crippen LogP contribution in [0.5, 0.6) is 17.2 Å². The monoisotopic (exact) mass is 628 g/mol. The van der Waals surface area contributed by atoms with Crippen LogP contribution in [0.15, 0.2) is 65.6 Å². The molecule has 1 aliphatic rings. The van der Waals surface area contributed by atoms with E-state index >= 15 is 8.78 Å². The van der Waals surface area contributed by atoms with Gasteiger partial charge < -0.3 is 19.9 Å². The molecule has 234 valence electrons. The molecule has 3 aromatic carbocycles. The summed E-state index contributed by atoms with van der Waals surface area (Å²) in [4.78, 5) is 39.3. The Kier molecular flexibility index (Phi) is 8.13. The average Bonchev–Trinajstić information content (AvgIpc) is 2.96. The number of aromatic nitrogens is 1. The number of carboxylic acids is 1. The number of ether oxygens (including phenoxy) is 2. The molecule has 13 heteroatoms. The number of alkyl halides is 3. The molecule has 1 amide bonds. The highest BCUT2D eigenvalue weighted by atomic mass is 19.4. The molecular formula is C32H25F5N2O6. The molecule has 0 fully saturated rings. The van der Waals surface area contributed by atoms with Crippen molar-refractivity contribution in [3.05, 3.63) is 111 Å². The van der Waals surface area contributed by atoms with E-state index in [-0.39, 0.29) is 22.6 Å². The summed E-state index contributed by atoms with van der Waals surface area (Å²) in [6.07, 6.45) is -5.18. The Labute approximate surface area is 252 Å². The van der Waals surface area contributed by atoms with E-state index in [9.17, 15) is 32.7 Å². The summed E-state index contributed by atoms with van der Waals surface area (Å²) in [6.45, 7) is 3.22. The molecule has 0 radical (unpaired) electrons. The highest BCUT2D eigenvalue weighted by Gasteiger charge is 2.38. The van der Waals surface area contributed by atoms with Gasteiger partial charge in [0.25, 0.3) is 5.56 Å². The number of halogens is 5. The third-order valence-corrected chi connectivity index (χ3v) is 7.48. The second-order valence-electron chi connectivity index (χ2n) is 10.5. The quantitative estimate of drug-likeness (QED) is 0.251. The number of methoxy groups -OCH3 is 1. The smallest absolute Gasteiger partial charge is 0.420 e. The predicted octanol–water partition coefficient (Wildman–Crippen LogP) is 6.47. The summed E-state index contributed by atoms with van der Waals surface area (Å²) < 4.78 is 83.7. The highest BCUT2D eigenvalue weighted by Crippen LogP contribution is 2.41. The lowest BCUT2D eigenvalue weighted by Gasteiger charge is -2.26. The van der Waals surface area contributed by atoms with Gasteiger partial charge in [-0.15, -0.1) is 0 Å². The molecule has 4 bridgehead atoms. The summed E-state index contributed by atoms with van der Waals surface area (Å²) in [5.41, 5.74) is -1.83. The van der Waals surface area contributed by atoms with Gasteiger partial charge in [0, 0.05) is 22.9 Å². The fraction of sp³-hybridized carbons (Fsp3) is 0.219. The Bertz CT molecular complexity index is 1900. The number of aliphatic carboxylic acids is 1. The second-order valence-corrected chi connectivity index (χ2v) is 10.5. The number of hydrogen-bond acceptors (Lipinski definition) is 5. The number of carbonyl (C=O) groups excluding carboxylic acids is 1. The largest absolute Gasteiger partial charge is 0.491 e. The summed E-state index contributed by atoms with van der Waals surface area (Å²) in [5.74, 6) is -5.40. The lowest BCUT2D eigenvalue weighted by Crippen LogP contribution is -2.41. The van der Waals surface area contributed by atoms with Gasteiger partial charge in [0.1, 0.15) is 34.7 Å². The number of rotatable bonds is 4. The molecular weight excluding hydrogens is 603 g/mol. The zero-order valence-electron chi connectivity index (χ0n) is 24.0. The second kappa shape index (κ2) is 11.7. The Morgan fingerprint density at radius 3 is 2.42 bits per heavy atom. The maximum atomic E-state index is 15.7. The molecule has 5 rings (SSSR count). The lowest BCUT2D eigenvalue weighted by molar-refractivity contribution is -0.139. The van der Waals surface area contributed by atoms with Gasteiger partial charge in [-0.3, -0.25) is 19.0 Å². The first-order valence-corrected chi connectivity index (χ1v) is 13.5. The average molecular weight is 629 g/mol. The number of pyridine rings is 1. The van der Waals surface area contributed by atoms with Crippen molar-refractivity contribution in [3.63, 3.8) is 0 Å². The third kappa shape index (κ3) is 5.85. The Balaban J connectivity index is 1.84. The fourth-order valence-corrected chi connectivity index (χ4v) is 5.45. The van der Waals surface area contributed by atoms with Crippen LogP contribution in [0.25, 0.3) is 11.1 Å². The van der Waals surface area contributed by atoms with Crippen molar-refractivity contribution in [1.82, 2.24) is 9.88 Å². The van der Waals surface area contributed by atoms with Crippen LogP contribution in [0.4, 0.5) is 22.0 Å². The fourth-order valence-electron chi connectivity index (χ4n) is 5.45. The van der Waals surface area contributed by atoms with E-state index in [1.165, 1.54) is 25.1 Å². The van der Waals surface area contributed by atoms with Crippen LogP contribution >= 0.6 is 0 Å². The van der Waals surface area contributed by atoms with Crippen LogP contribution < -0.4 is 20.3 Å². The van der Waals surface area contributed by atoms with Crippen LogP contribution in [0, 0.1) is 25.5 Å². The molecule has 45 heavy (non-hydrogen) atoms. The summed E-state index contributed by atoms with van der Waals surface area (Å²) in [5, 5.41) is 12.1. The van der Waals surface area contributed by atoms with Gasteiger partial charge in [0.2, 0.25) is 5.91 Å². The standard InChI is InChI=1S/C32H25F5N2O6/c1-15-5-4-6-24-26(15)17-11-16(2)27(34)20(12-17)23(14-25(40)41)38-30(42)28(19-13-18(45-24)7-8-22(19)33)39-10-9-21(32(35,36)37)29(44-3)31(39)43/h4-13,23,28H,14H2,1-3H3,(H,38,42)(H,40,41)/t23-,28-/m0/s1. The van der Waals surface area contributed by atoms with E-state index < -0.39 is 70.6 Å². The number of hydrogen-bond donors (Lipinski definition) is 2. The maximum absolute atomic E-state index is 15.7. The van der Waals surface area contributed by atoms with E-state index in [2.05, 4.69) is 5.32 Å². The number of carbonyl (C=O) groups is 2. The van der Waals surface area contributed by atoms with Crippen LogP contribution in [0.2, 0.25) is 0 Å². The van der Waals surface area contributed by atoms with Gasteiger partial charge in [-0.25, -0.2) is 8.78 Å². The van der Waals surface area contributed by atoms with Crippen molar-refractivity contribution < 1.29 is 46.1 Å². The van der Waals surface area contributed by atoms with Crippen molar-refractivity contribution in [1.29, 1.82) is 0 Å². The first kappa shape index (κ1) is 31.2. The number of benzene rings is 3. The van der Waals surface area contributed by atoms with E-state index in [1.807, 2.05) is 0 Å². The van der Waals surface area contributed by atoms with Crippen molar-refractivity contribution in [2.24, 2.45) is 0 Å². The molecule has 0 saturated heterocycles. The molecule has 0 aliphatic carbocycles. The van der Waals surface area contributed by atoms with Gasteiger partial charge >= 0.3 is 12.1 Å². The van der Waals surface area contributed by atoms with Gasteiger partial charge in [-0.05, 0) is 73.0 Å². The van der Waals surface area contributed by atoms with Crippen molar-refractivity contribution in [3.8, 4) is 28.4 Å². The Morgan fingerprint density at radius 2 is 1.76 bits per heavy atom. The highest BCUT2D eigenvalue weighted by molar-refractivity contribution is 5.85. The number of nitrogens with one attached hydrogen (secondary N) is 1. The number of carboxylic acid groups (broad SMARTS) is 1. The number of aryl methyl sites for hydroxylation is 2. The summed E-state index contributed by atoms with van der Waals surface area (Å²) in [6, 6.07) is 8.18. The Hall–Kier alpha value is -5.20. The summed E-state index contributed by atoms with van der Waals surface area (Å²) in [7, 11) is 0.830. The molecule has 0 spiro atoms. The maximum Gasteiger partial charge on any atom is 0.420 e.